The standard InChI is InChI=1S/C35H28N4O3/c40-34(25-42-33-17-9-13-27-12-7-8-16-32(27)33)37-36-22-29-23-39(30-14-5-2-6-15-30)38-35(29)28-18-20-31(21-19-28)41-24-26-10-3-1-4-11-26/h1-23H,24-25H2,(H,37,40)/b36-22+. The third-order valence-corrected chi connectivity index (χ3v) is 6.64. The van der Waals surface area contributed by atoms with E-state index in [1.54, 1.807) is 10.9 Å². The lowest BCUT2D eigenvalue weighted by atomic mass is 10.1. The maximum absolute atomic E-state index is 12.5. The predicted octanol–water partition coefficient (Wildman–Crippen LogP) is 6.80. The highest BCUT2D eigenvalue weighted by molar-refractivity contribution is 5.90. The Morgan fingerprint density at radius 1 is 0.786 bits per heavy atom. The van der Waals surface area contributed by atoms with Crippen molar-refractivity contribution in [3.63, 3.8) is 0 Å². The first-order valence-electron chi connectivity index (χ1n) is 13.6. The summed E-state index contributed by atoms with van der Waals surface area (Å²) < 4.78 is 13.5. The second-order valence-electron chi connectivity index (χ2n) is 9.57. The van der Waals surface area contributed by atoms with E-state index in [1.807, 2.05) is 134 Å². The Hall–Kier alpha value is -5.69. The first kappa shape index (κ1) is 26.5. The molecule has 0 saturated carbocycles. The smallest absolute Gasteiger partial charge is 0.277 e. The molecule has 0 fully saturated rings. The van der Waals surface area contributed by atoms with E-state index in [2.05, 4.69) is 10.5 Å². The summed E-state index contributed by atoms with van der Waals surface area (Å²) in [4.78, 5) is 12.5. The van der Waals surface area contributed by atoms with Gasteiger partial charge >= 0.3 is 0 Å². The Kier molecular flexibility index (Phi) is 7.99. The van der Waals surface area contributed by atoms with E-state index in [-0.39, 0.29) is 12.5 Å². The van der Waals surface area contributed by atoms with Crippen molar-refractivity contribution in [1.82, 2.24) is 15.2 Å². The SMILES string of the molecule is O=C(COc1cccc2ccccc12)N/N=C/c1cn(-c2ccccc2)nc1-c1ccc(OCc2ccccc2)cc1. The molecule has 206 valence electrons. The summed E-state index contributed by atoms with van der Waals surface area (Å²) in [6, 6.07) is 41.3. The minimum atomic E-state index is -0.365. The number of hydrazone groups is 1. The number of nitrogens with one attached hydrogen (secondary N) is 1. The number of amides is 1. The summed E-state index contributed by atoms with van der Waals surface area (Å²) in [5.74, 6) is 1.05. The van der Waals surface area contributed by atoms with Gasteiger partial charge in [-0.2, -0.15) is 10.2 Å². The number of ether oxygens (including phenoxy) is 2. The number of hydrogen-bond donors (Lipinski definition) is 1. The summed E-state index contributed by atoms with van der Waals surface area (Å²) >= 11 is 0. The second-order valence-corrected chi connectivity index (χ2v) is 9.57. The molecule has 6 rings (SSSR count). The zero-order valence-electron chi connectivity index (χ0n) is 22.8. The Morgan fingerprint density at radius 2 is 1.50 bits per heavy atom. The molecule has 0 atom stereocenters. The summed E-state index contributed by atoms with van der Waals surface area (Å²) in [5.41, 5.74) is 6.94. The first-order chi connectivity index (χ1) is 20.7. The van der Waals surface area contributed by atoms with Gasteiger partial charge in [0.1, 0.15) is 23.8 Å². The zero-order chi connectivity index (χ0) is 28.6. The average Bonchev–Trinajstić information content (AvgIpc) is 3.48. The number of para-hydroxylation sites is 1. The lowest BCUT2D eigenvalue weighted by molar-refractivity contribution is -0.123. The van der Waals surface area contributed by atoms with Gasteiger partial charge in [-0.05, 0) is 53.4 Å². The monoisotopic (exact) mass is 552 g/mol. The van der Waals surface area contributed by atoms with Crippen LogP contribution in [0.3, 0.4) is 0 Å². The normalized spacial score (nSPS) is 11.0. The number of fused-ring (bicyclic) bond motifs is 1. The van der Waals surface area contributed by atoms with Gasteiger partial charge in [-0.3, -0.25) is 4.79 Å². The van der Waals surface area contributed by atoms with Crippen LogP contribution in [0.4, 0.5) is 0 Å². The van der Waals surface area contributed by atoms with Gasteiger partial charge in [0.2, 0.25) is 0 Å². The van der Waals surface area contributed by atoms with E-state index >= 15 is 0 Å². The van der Waals surface area contributed by atoms with Crippen LogP contribution >= 0.6 is 0 Å². The van der Waals surface area contributed by atoms with Crippen molar-refractivity contribution >= 4 is 22.9 Å². The molecule has 7 nitrogen and oxygen atoms in total. The first-order valence-corrected chi connectivity index (χ1v) is 13.6. The molecular weight excluding hydrogens is 524 g/mol. The molecule has 0 saturated heterocycles. The van der Waals surface area contributed by atoms with Crippen LogP contribution in [0.25, 0.3) is 27.7 Å². The van der Waals surface area contributed by atoms with E-state index in [1.165, 1.54) is 0 Å². The Bertz CT molecular complexity index is 1810. The van der Waals surface area contributed by atoms with Crippen molar-refractivity contribution in [2.75, 3.05) is 6.61 Å². The third-order valence-electron chi connectivity index (χ3n) is 6.64. The van der Waals surface area contributed by atoms with E-state index in [0.29, 0.717) is 12.4 Å². The molecule has 0 unspecified atom stereocenters. The van der Waals surface area contributed by atoms with Crippen molar-refractivity contribution in [1.29, 1.82) is 0 Å². The minimum absolute atomic E-state index is 0.161. The number of rotatable bonds is 10. The van der Waals surface area contributed by atoms with Gasteiger partial charge < -0.3 is 9.47 Å². The van der Waals surface area contributed by atoms with Crippen LogP contribution in [0.15, 0.2) is 139 Å². The highest BCUT2D eigenvalue weighted by Gasteiger charge is 2.12. The molecule has 5 aromatic carbocycles. The number of nitrogens with zero attached hydrogens (tertiary/aromatic N) is 3. The van der Waals surface area contributed by atoms with E-state index in [9.17, 15) is 4.79 Å². The Morgan fingerprint density at radius 3 is 2.31 bits per heavy atom. The molecule has 1 aromatic heterocycles. The molecule has 1 N–H and O–H groups in total. The van der Waals surface area contributed by atoms with Crippen LogP contribution in [0, 0.1) is 0 Å². The molecule has 0 radical (unpaired) electrons. The van der Waals surface area contributed by atoms with Gasteiger partial charge in [0.05, 0.1) is 11.9 Å². The number of carbonyl (C=O) groups excluding carboxylic acids is 1. The molecule has 1 heterocycles. The highest BCUT2D eigenvalue weighted by atomic mass is 16.5. The lowest BCUT2D eigenvalue weighted by Gasteiger charge is -2.08. The van der Waals surface area contributed by atoms with Gasteiger partial charge in [0.25, 0.3) is 5.91 Å². The number of carbonyl (C=O) groups is 1. The third kappa shape index (κ3) is 6.37. The van der Waals surface area contributed by atoms with Crippen molar-refractivity contribution in [3.05, 3.63) is 145 Å². The maximum Gasteiger partial charge on any atom is 0.277 e. The molecular formula is C35H28N4O3. The van der Waals surface area contributed by atoms with Crippen LogP contribution in [-0.2, 0) is 11.4 Å². The molecule has 0 spiro atoms. The van der Waals surface area contributed by atoms with Crippen LogP contribution in [0.5, 0.6) is 11.5 Å². The number of aromatic nitrogens is 2. The Balaban J connectivity index is 1.16. The van der Waals surface area contributed by atoms with E-state index in [0.717, 1.165) is 44.6 Å². The van der Waals surface area contributed by atoms with E-state index in [4.69, 9.17) is 14.6 Å². The fraction of sp³-hybridized carbons (Fsp3) is 0.0571. The Labute approximate surface area is 243 Å². The van der Waals surface area contributed by atoms with Crippen LogP contribution in [0.2, 0.25) is 0 Å². The molecule has 42 heavy (non-hydrogen) atoms. The summed E-state index contributed by atoms with van der Waals surface area (Å²) in [6.45, 7) is 0.330. The molecule has 6 aromatic rings. The topological polar surface area (TPSA) is 77.7 Å². The van der Waals surface area contributed by atoms with Gasteiger partial charge in [0, 0.05) is 22.7 Å². The average molecular weight is 553 g/mol. The van der Waals surface area contributed by atoms with Gasteiger partial charge in [-0.15, -0.1) is 0 Å². The molecule has 0 aliphatic heterocycles. The fourth-order valence-corrected chi connectivity index (χ4v) is 4.54. The molecule has 0 aliphatic rings. The molecule has 0 bridgehead atoms. The van der Waals surface area contributed by atoms with Crippen LogP contribution < -0.4 is 14.9 Å². The maximum atomic E-state index is 12.5. The second kappa shape index (κ2) is 12.7. The largest absolute Gasteiger partial charge is 0.489 e. The van der Waals surface area contributed by atoms with Gasteiger partial charge in [-0.25, -0.2) is 10.1 Å². The zero-order valence-corrected chi connectivity index (χ0v) is 22.8. The molecule has 0 aliphatic carbocycles. The fourth-order valence-electron chi connectivity index (χ4n) is 4.54. The van der Waals surface area contributed by atoms with Crippen LogP contribution in [0.1, 0.15) is 11.1 Å². The lowest BCUT2D eigenvalue weighted by Crippen LogP contribution is -2.24. The van der Waals surface area contributed by atoms with Crippen molar-refractivity contribution < 1.29 is 14.3 Å². The quantitative estimate of drug-likeness (QED) is 0.150. The summed E-state index contributed by atoms with van der Waals surface area (Å²) in [5, 5.41) is 11.0. The molecule has 1 amide bonds. The highest BCUT2D eigenvalue weighted by Crippen LogP contribution is 2.26. The number of hydrogen-bond acceptors (Lipinski definition) is 5. The predicted molar refractivity (Wildman–Crippen MR) is 165 cm³/mol. The van der Waals surface area contributed by atoms with Crippen molar-refractivity contribution in [2.45, 2.75) is 6.61 Å². The van der Waals surface area contributed by atoms with Crippen LogP contribution in [-0.4, -0.2) is 28.5 Å². The summed E-state index contributed by atoms with van der Waals surface area (Å²) in [6.07, 6.45) is 3.48. The molecule has 7 heteroatoms. The van der Waals surface area contributed by atoms with Gasteiger partial charge in [-0.1, -0.05) is 84.9 Å². The summed E-state index contributed by atoms with van der Waals surface area (Å²) in [7, 11) is 0. The van der Waals surface area contributed by atoms with Gasteiger partial charge in [0.15, 0.2) is 6.61 Å². The van der Waals surface area contributed by atoms with Crippen molar-refractivity contribution in [3.8, 4) is 28.4 Å². The van der Waals surface area contributed by atoms with Crippen molar-refractivity contribution in [2.24, 2.45) is 5.10 Å². The number of benzene rings is 5. The minimum Gasteiger partial charge on any atom is -0.489 e. The van der Waals surface area contributed by atoms with E-state index < -0.39 is 0 Å².